The third kappa shape index (κ3) is 3.91. The van der Waals surface area contributed by atoms with Gasteiger partial charge in [-0.3, -0.25) is 19.4 Å². The number of carbonyl (C=O) groups excluding carboxylic acids is 1. The van der Waals surface area contributed by atoms with Gasteiger partial charge in [0.15, 0.2) is 5.13 Å². The quantitative estimate of drug-likeness (QED) is 0.459. The lowest BCUT2D eigenvalue weighted by atomic mass is 10.2. The van der Waals surface area contributed by atoms with E-state index in [0.29, 0.717) is 17.4 Å². The van der Waals surface area contributed by atoms with Crippen LogP contribution in [0, 0.1) is 0 Å². The molecule has 0 spiro atoms. The molecular weight excluding hydrogens is 382 g/mol. The van der Waals surface area contributed by atoms with Gasteiger partial charge in [-0.15, -0.1) is 0 Å². The van der Waals surface area contributed by atoms with Crippen molar-refractivity contribution in [2.75, 3.05) is 4.90 Å². The predicted molar refractivity (Wildman–Crippen MR) is 116 cm³/mol. The first kappa shape index (κ1) is 19.3. The van der Waals surface area contributed by atoms with Gasteiger partial charge in [-0.2, -0.15) is 5.10 Å². The Hall–Kier alpha value is -3.06. The minimum absolute atomic E-state index is 0.0862. The summed E-state index contributed by atoms with van der Waals surface area (Å²) in [5.41, 5.74) is 3.51. The van der Waals surface area contributed by atoms with Crippen LogP contribution in [0.2, 0.25) is 0 Å². The van der Waals surface area contributed by atoms with Crippen molar-refractivity contribution in [2.24, 2.45) is 0 Å². The Morgan fingerprint density at radius 3 is 2.76 bits per heavy atom. The van der Waals surface area contributed by atoms with Crippen LogP contribution < -0.4 is 4.90 Å². The Morgan fingerprint density at radius 2 is 2.03 bits per heavy atom. The molecular formula is C22H23N5OS. The largest absolute Gasteiger partial charge is 0.278 e. The standard InChI is InChI=1S/C22H23N5OS/c1-4-16-8-9-18-20(13-16)29-22(25-18)26(14-17-7-5-6-11-23-17)21(28)19-10-12-24-27(19)15(2)3/h5-13,15H,4,14H2,1-3H3. The lowest BCUT2D eigenvalue weighted by Crippen LogP contribution is -2.32. The van der Waals surface area contributed by atoms with E-state index in [1.54, 1.807) is 28.0 Å². The molecule has 0 N–H and O–H groups in total. The first-order valence-electron chi connectivity index (χ1n) is 9.71. The number of fused-ring (bicyclic) bond motifs is 1. The van der Waals surface area contributed by atoms with Crippen LogP contribution in [0.25, 0.3) is 10.2 Å². The normalized spacial score (nSPS) is 11.3. The summed E-state index contributed by atoms with van der Waals surface area (Å²) in [6.07, 6.45) is 4.37. The van der Waals surface area contributed by atoms with E-state index in [-0.39, 0.29) is 11.9 Å². The second-order valence-electron chi connectivity index (χ2n) is 7.12. The van der Waals surface area contributed by atoms with Crippen molar-refractivity contribution in [1.29, 1.82) is 0 Å². The number of amides is 1. The van der Waals surface area contributed by atoms with E-state index in [9.17, 15) is 4.79 Å². The van der Waals surface area contributed by atoms with Crippen LogP contribution >= 0.6 is 11.3 Å². The van der Waals surface area contributed by atoms with Gasteiger partial charge in [0.05, 0.1) is 22.5 Å². The Morgan fingerprint density at radius 1 is 1.17 bits per heavy atom. The van der Waals surface area contributed by atoms with Crippen molar-refractivity contribution >= 4 is 32.6 Å². The molecule has 0 radical (unpaired) electrons. The predicted octanol–water partition coefficient (Wildman–Crippen LogP) is 4.88. The van der Waals surface area contributed by atoms with E-state index >= 15 is 0 Å². The third-order valence-corrected chi connectivity index (χ3v) is 5.79. The van der Waals surface area contributed by atoms with Gasteiger partial charge in [-0.05, 0) is 56.2 Å². The van der Waals surface area contributed by atoms with E-state index in [4.69, 9.17) is 4.98 Å². The summed E-state index contributed by atoms with van der Waals surface area (Å²) in [4.78, 5) is 24.4. The number of nitrogens with zero attached hydrogens (tertiary/aromatic N) is 5. The Labute approximate surface area is 173 Å². The van der Waals surface area contributed by atoms with Crippen LogP contribution in [0.3, 0.4) is 0 Å². The molecule has 1 aromatic carbocycles. The van der Waals surface area contributed by atoms with E-state index in [1.165, 1.54) is 16.9 Å². The highest BCUT2D eigenvalue weighted by Gasteiger charge is 2.25. The summed E-state index contributed by atoms with van der Waals surface area (Å²) >= 11 is 1.53. The minimum atomic E-state index is -0.128. The van der Waals surface area contributed by atoms with E-state index < -0.39 is 0 Å². The summed E-state index contributed by atoms with van der Waals surface area (Å²) in [6.45, 7) is 6.50. The van der Waals surface area contributed by atoms with Crippen LogP contribution in [-0.4, -0.2) is 25.7 Å². The van der Waals surface area contributed by atoms with Crippen molar-refractivity contribution in [1.82, 2.24) is 19.7 Å². The molecule has 6 nitrogen and oxygen atoms in total. The topological polar surface area (TPSA) is 63.9 Å². The van der Waals surface area contributed by atoms with Gasteiger partial charge in [0.25, 0.3) is 5.91 Å². The van der Waals surface area contributed by atoms with Gasteiger partial charge in [0.1, 0.15) is 5.69 Å². The van der Waals surface area contributed by atoms with Gasteiger partial charge in [-0.1, -0.05) is 30.4 Å². The van der Waals surface area contributed by atoms with Crippen molar-refractivity contribution in [3.8, 4) is 0 Å². The number of pyridine rings is 1. The summed E-state index contributed by atoms with van der Waals surface area (Å²) in [6, 6.07) is 13.8. The van der Waals surface area contributed by atoms with Crippen molar-refractivity contribution < 1.29 is 4.79 Å². The first-order chi connectivity index (χ1) is 14.1. The molecule has 1 amide bonds. The van der Waals surface area contributed by atoms with Crippen LogP contribution in [0.4, 0.5) is 5.13 Å². The lowest BCUT2D eigenvalue weighted by molar-refractivity contribution is 0.0972. The fourth-order valence-corrected chi connectivity index (χ4v) is 4.23. The number of aryl methyl sites for hydroxylation is 1. The highest BCUT2D eigenvalue weighted by Crippen LogP contribution is 2.31. The van der Waals surface area contributed by atoms with Crippen molar-refractivity contribution in [2.45, 2.75) is 39.8 Å². The zero-order valence-corrected chi connectivity index (χ0v) is 17.6. The average Bonchev–Trinajstić information content (AvgIpc) is 3.38. The van der Waals surface area contributed by atoms with Gasteiger partial charge in [-0.25, -0.2) is 4.98 Å². The molecule has 4 rings (SSSR count). The van der Waals surface area contributed by atoms with Crippen LogP contribution in [0.15, 0.2) is 54.9 Å². The molecule has 0 bridgehead atoms. The Kier molecular flexibility index (Phi) is 5.40. The molecule has 3 heterocycles. The van der Waals surface area contributed by atoms with E-state index in [2.05, 4.69) is 29.1 Å². The molecule has 0 atom stereocenters. The number of thiazole rings is 1. The molecule has 0 saturated heterocycles. The molecule has 3 aromatic heterocycles. The second kappa shape index (κ2) is 8.13. The first-order valence-corrected chi connectivity index (χ1v) is 10.5. The average molecular weight is 406 g/mol. The monoisotopic (exact) mass is 405 g/mol. The molecule has 4 aromatic rings. The number of carbonyl (C=O) groups is 1. The van der Waals surface area contributed by atoms with Crippen molar-refractivity contribution in [3.05, 3.63) is 71.8 Å². The SMILES string of the molecule is CCc1ccc2nc(N(Cc3ccccn3)C(=O)c3ccnn3C(C)C)sc2c1. The number of anilines is 1. The van der Waals surface area contributed by atoms with Gasteiger partial charge in [0, 0.05) is 18.4 Å². The van der Waals surface area contributed by atoms with Crippen molar-refractivity contribution in [3.63, 3.8) is 0 Å². The Balaban J connectivity index is 1.78. The summed E-state index contributed by atoms with van der Waals surface area (Å²) in [5.74, 6) is -0.128. The molecule has 0 saturated carbocycles. The molecule has 7 heteroatoms. The maximum atomic E-state index is 13.5. The highest BCUT2D eigenvalue weighted by atomic mass is 32.1. The van der Waals surface area contributed by atoms with Crippen LogP contribution in [0.5, 0.6) is 0 Å². The number of benzene rings is 1. The molecule has 0 aliphatic rings. The zero-order valence-electron chi connectivity index (χ0n) is 16.7. The molecule has 148 valence electrons. The number of hydrogen-bond donors (Lipinski definition) is 0. The van der Waals surface area contributed by atoms with Crippen LogP contribution in [-0.2, 0) is 13.0 Å². The van der Waals surface area contributed by atoms with Gasteiger partial charge >= 0.3 is 0 Å². The second-order valence-corrected chi connectivity index (χ2v) is 8.13. The highest BCUT2D eigenvalue weighted by molar-refractivity contribution is 7.22. The zero-order chi connectivity index (χ0) is 20.4. The van der Waals surface area contributed by atoms with Gasteiger partial charge < -0.3 is 0 Å². The third-order valence-electron chi connectivity index (χ3n) is 4.75. The summed E-state index contributed by atoms with van der Waals surface area (Å²) < 4.78 is 2.83. The van der Waals surface area contributed by atoms with Crippen LogP contribution in [0.1, 0.15) is 48.6 Å². The lowest BCUT2D eigenvalue weighted by Gasteiger charge is -2.21. The molecule has 0 unspecified atom stereocenters. The van der Waals surface area contributed by atoms with E-state index in [1.807, 2.05) is 38.1 Å². The molecule has 0 aliphatic heterocycles. The number of rotatable bonds is 6. The maximum Gasteiger partial charge on any atom is 0.278 e. The maximum absolute atomic E-state index is 13.5. The Bertz CT molecular complexity index is 1130. The number of aromatic nitrogens is 4. The van der Waals surface area contributed by atoms with E-state index in [0.717, 1.165) is 22.3 Å². The minimum Gasteiger partial charge on any atom is -0.277 e. The van der Waals surface area contributed by atoms with Gasteiger partial charge in [0.2, 0.25) is 0 Å². The summed E-state index contributed by atoms with van der Waals surface area (Å²) in [7, 11) is 0. The molecule has 0 fully saturated rings. The number of hydrogen-bond acceptors (Lipinski definition) is 5. The fraction of sp³-hybridized carbons (Fsp3) is 0.273. The molecule has 29 heavy (non-hydrogen) atoms. The smallest absolute Gasteiger partial charge is 0.277 e. The molecule has 0 aliphatic carbocycles. The fourth-order valence-electron chi connectivity index (χ4n) is 3.21. The summed E-state index contributed by atoms with van der Waals surface area (Å²) in [5, 5.41) is 4.99.